The lowest BCUT2D eigenvalue weighted by molar-refractivity contribution is 0.0636. The Labute approximate surface area is 134 Å². The summed E-state index contributed by atoms with van der Waals surface area (Å²) in [6.45, 7) is 5.41. The van der Waals surface area contributed by atoms with Crippen LogP contribution >= 0.6 is 11.6 Å². The number of aromatic nitrogens is 2. The van der Waals surface area contributed by atoms with Crippen LogP contribution in [0.5, 0.6) is 0 Å². The smallest absolute Gasteiger partial charge is 0.412 e. The standard InChI is InChI=1S/C16H18ClN3O2/c1-16(2,3)22-15(21)19-12-10-18-13(9-17)20-14(12)11-7-5-4-6-8-11/h4-8,10H,9H2,1-3H3,(H,19,21). The fourth-order valence-electron chi connectivity index (χ4n) is 1.80. The molecule has 0 bridgehead atoms. The third-order valence-electron chi connectivity index (χ3n) is 2.64. The maximum atomic E-state index is 12.0. The predicted octanol–water partition coefficient (Wildman–Crippen LogP) is 4.23. The van der Waals surface area contributed by atoms with Crippen molar-refractivity contribution in [3.8, 4) is 11.3 Å². The van der Waals surface area contributed by atoms with Crippen molar-refractivity contribution in [3.63, 3.8) is 0 Å². The maximum absolute atomic E-state index is 12.0. The van der Waals surface area contributed by atoms with E-state index in [0.717, 1.165) is 5.56 Å². The largest absolute Gasteiger partial charge is 0.444 e. The minimum atomic E-state index is -0.575. The Hall–Kier alpha value is -2.14. The molecule has 116 valence electrons. The molecule has 0 radical (unpaired) electrons. The zero-order valence-electron chi connectivity index (χ0n) is 12.8. The SMILES string of the molecule is CC(C)(C)OC(=O)Nc1cnc(CCl)nc1-c1ccccc1. The molecule has 0 aliphatic rings. The monoisotopic (exact) mass is 319 g/mol. The van der Waals surface area contributed by atoms with Crippen molar-refractivity contribution in [1.82, 2.24) is 9.97 Å². The molecule has 0 aliphatic heterocycles. The van der Waals surface area contributed by atoms with Gasteiger partial charge in [0.1, 0.15) is 11.4 Å². The van der Waals surface area contributed by atoms with Gasteiger partial charge >= 0.3 is 6.09 Å². The van der Waals surface area contributed by atoms with Crippen molar-refractivity contribution in [2.45, 2.75) is 32.3 Å². The number of benzene rings is 1. The molecule has 0 atom stereocenters. The molecule has 1 heterocycles. The van der Waals surface area contributed by atoms with Crippen LogP contribution in [-0.4, -0.2) is 21.7 Å². The molecule has 0 fully saturated rings. The summed E-state index contributed by atoms with van der Waals surface area (Å²) >= 11 is 5.79. The fourth-order valence-corrected chi connectivity index (χ4v) is 1.93. The van der Waals surface area contributed by atoms with Crippen molar-refractivity contribution >= 4 is 23.4 Å². The van der Waals surface area contributed by atoms with Gasteiger partial charge in [0, 0.05) is 5.56 Å². The summed E-state index contributed by atoms with van der Waals surface area (Å²) in [6.07, 6.45) is 0.989. The summed E-state index contributed by atoms with van der Waals surface area (Å²) in [4.78, 5) is 20.5. The molecule has 1 N–H and O–H groups in total. The minimum absolute atomic E-state index is 0.201. The molecule has 1 aromatic heterocycles. The highest BCUT2D eigenvalue weighted by atomic mass is 35.5. The molecule has 22 heavy (non-hydrogen) atoms. The molecule has 1 aromatic carbocycles. The number of hydrogen-bond acceptors (Lipinski definition) is 4. The Bertz CT molecular complexity index is 654. The highest BCUT2D eigenvalue weighted by Gasteiger charge is 2.18. The molecule has 0 unspecified atom stereocenters. The molecule has 2 aromatic rings. The Kier molecular flexibility index (Phi) is 4.98. The molecule has 1 amide bonds. The van der Waals surface area contributed by atoms with Crippen molar-refractivity contribution in [2.24, 2.45) is 0 Å². The first kappa shape index (κ1) is 16.2. The van der Waals surface area contributed by atoms with Crippen LogP contribution in [0.4, 0.5) is 10.5 Å². The summed E-state index contributed by atoms with van der Waals surface area (Å²) < 4.78 is 5.26. The van der Waals surface area contributed by atoms with Gasteiger partial charge in [0.25, 0.3) is 0 Å². The molecule has 0 saturated carbocycles. The van der Waals surface area contributed by atoms with Crippen LogP contribution in [0.2, 0.25) is 0 Å². The average molecular weight is 320 g/mol. The number of rotatable bonds is 3. The van der Waals surface area contributed by atoms with Crippen LogP contribution in [-0.2, 0) is 10.6 Å². The number of carbonyl (C=O) groups excluding carboxylic acids is 1. The first-order valence-electron chi connectivity index (χ1n) is 6.86. The zero-order chi connectivity index (χ0) is 16.2. The van der Waals surface area contributed by atoms with E-state index in [4.69, 9.17) is 16.3 Å². The summed E-state index contributed by atoms with van der Waals surface area (Å²) in [7, 11) is 0. The highest BCUT2D eigenvalue weighted by molar-refractivity contribution is 6.16. The van der Waals surface area contributed by atoms with Gasteiger partial charge in [-0.15, -0.1) is 11.6 Å². The summed E-state index contributed by atoms with van der Waals surface area (Å²) in [5.74, 6) is 0.697. The zero-order valence-corrected chi connectivity index (χ0v) is 13.5. The van der Waals surface area contributed by atoms with Gasteiger partial charge in [-0.1, -0.05) is 30.3 Å². The number of anilines is 1. The number of halogens is 1. The Morgan fingerprint density at radius 2 is 1.95 bits per heavy atom. The molecule has 0 saturated heterocycles. The lowest BCUT2D eigenvalue weighted by atomic mass is 10.1. The number of nitrogens with one attached hydrogen (secondary N) is 1. The number of carbonyl (C=O) groups is 1. The summed E-state index contributed by atoms with van der Waals surface area (Å²) in [6, 6.07) is 9.51. The third-order valence-corrected chi connectivity index (χ3v) is 2.88. The maximum Gasteiger partial charge on any atom is 0.412 e. The third kappa shape index (κ3) is 4.43. The first-order chi connectivity index (χ1) is 10.4. The minimum Gasteiger partial charge on any atom is -0.444 e. The second-order valence-electron chi connectivity index (χ2n) is 5.68. The summed E-state index contributed by atoms with van der Waals surface area (Å²) in [5, 5.41) is 2.69. The van der Waals surface area contributed by atoms with Gasteiger partial charge in [0.2, 0.25) is 0 Å². The van der Waals surface area contributed by atoms with Gasteiger partial charge in [-0.3, -0.25) is 5.32 Å². The molecular formula is C16H18ClN3O2. The number of nitrogens with zero attached hydrogens (tertiary/aromatic N) is 2. The van der Waals surface area contributed by atoms with Crippen molar-refractivity contribution < 1.29 is 9.53 Å². The van der Waals surface area contributed by atoms with E-state index in [9.17, 15) is 4.79 Å². The molecule has 0 aliphatic carbocycles. The van der Waals surface area contributed by atoms with Crippen LogP contribution in [0.15, 0.2) is 36.5 Å². The lowest BCUT2D eigenvalue weighted by Gasteiger charge is -2.20. The predicted molar refractivity (Wildman–Crippen MR) is 86.9 cm³/mol. The number of alkyl halides is 1. The summed E-state index contributed by atoms with van der Waals surface area (Å²) in [5.41, 5.74) is 1.38. The van der Waals surface area contributed by atoms with Crippen LogP contribution in [0.25, 0.3) is 11.3 Å². The quantitative estimate of drug-likeness (QED) is 0.860. The topological polar surface area (TPSA) is 64.1 Å². The molecule has 0 spiro atoms. The first-order valence-corrected chi connectivity index (χ1v) is 7.40. The second-order valence-corrected chi connectivity index (χ2v) is 5.94. The molecular weight excluding hydrogens is 302 g/mol. The van der Waals surface area contributed by atoms with Gasteiger partial charge in [0.15, 0.2) is 0 Å². The van der Waals surface area contributed by atoms with Crippen LogP contribution in [0, 0.1) is 0 Å². The van der Waals surface area contributed by atoms with E-state index in [1.54, 1.807) is 20.8 Å². The number of amides is 1. The van der Waals surface area contributed by atoms with Gasteiger partial charge in [-0.2, -0.15) is 0 Å². The van der Waals surface area contributed by atoms with E-state index in [-0.39, 0.29) is 5.88 Å². The van der Waals surface area contributed by atoms with E-state index in [1.165, 1.54) is 6.20 Å². The number of hydrogen-bond donors (Lipinski definition) is 1. The highest BCUT2D eigenvalue weighted by Crippen LogP contribution is 2.26. The van der Waals surface area contributed by atoms with Crippen molar-refractivity contribution in [3.05, 3.63) is 42.4 Å². The Balaban J connectivity index is 2.33. The van der Waals surface area contributed by atoms with E-state index < -0.39 is 11.7 Å². The van der Waals surface area contributed by atoms with E-state index >= 15 is 0 Å². The van der Waals surface area contributed by atoms with E-state index in [0.29, 0.717) is 17.2 Å². The van der Waals surface area contributed by atoms with Crippen LogP contribution in [0.1, 0.15) is 26.6 Å². The van der Waals surface area contributed by atoms with E-state index in [1.807, 2.05) is 30.3 Å². The lowest BCUT2D eigenvalue weighted by Crippen LogP contribution is -2.27. The van der Waals surface area contributed by atoms with Gasteiger partial charge in [0.05, 0.1) is 23.5 Å². The van der Waals surface area contributed by atoms with Crippen molar-refractivity contribution in [1.29, 1.82) is 0 Å². The Morgan fingerprint density at radius 3 is 2.55 bits per heavy atom. The molecule has 6 heteroatoms. The number of ether oxygens (including phenoxy) is 1. The van der Waals surface area contributed by atoms with Gasteiger partial charge in [-0.05, 0) is 20.8 Å². The van der Waals surface area contributed by atoms with Gasteiger partial charge in [-0.25, -0.2) is 14.8 Å². The molecule has 2 rings (SSSR count). The molecule has 5 nitrogen and oxygen atoms in total. The fraction of sp³-hybridized carbons (Fsp3) is 0.312. The average Bonchev–Trinajstić information content (AvgIpc) is 2.46. The van der Waals surface area contributed by atoms with Crippen LogP contribution < -0.4 is 5.32 Å². The normalized spacial score (nSPS) is 11.1. The van der Waals surface area contributed by atoms with Crippen molar-refractivity contribution in [2.75, 3.05) is 5.32 Å². The van der Waals surface area contributed by atoms with E-state index in [2.05, 4.69) is 15.3 Å². The Morgan fingerprint density at radius 1 is 1.27 bits per heavy atom. The van der Waals surface area contributed by atoms with Crippen LogP contribution in [0.3, 0.4) is 0 Å². The second kappa shape index (κ2) is 6.75. The van der Waals surface area contributed by atoms with Gasteiger partial charge < -0.3 is 4.74 Å².